The lowest BCUT2D eigenvalue weighted by Crippen LogP contribution is -2.39. The Balaban J connectivity index is 3.46. The molecule has 0 amide bonds. The van der Waals surface area contributed by atoms with Crippen LogP contribution < -0.4 is 5.32 Å². The number of ether oxygens (including phenoxy) is 1. The van der Waals surface area contributed by atoms with Crippen LogP contribution in [0.3, 0.4) is 0 Å². The summed E-state index contributed by atoms with van der Waals surface area (Å²) < 4.78 is 5.28. The molecule has 0 spiro atoms. The highest BCUT2D eigenvalue weighted by molar-refractivity contribution is 4.68. The Morgan fingerprint density at radius 2 is 1.85 bits per heavy atom. The van der Waals surface area contributed by atoms with E-state index in [0.717, 1.165) is 19.6 Å². The molecule has 13 heavy (non-hydrogen) atoms. The van der Waals surface area contributed by atoms with Crippen molar-refractivity contribution in [2.75, 3.05) is 13.2 Å². The molecule has 0 rings (SSSR count). The van der Waals surface area contributed by atoms with Gasteiger partial charge in [0.2, 0.25) is 0 Å². The SMILES string of the molecule is CCOCC(C)NC(C)CC(C)O. The number of aliphatic hydroxyl groups excluding tert-OH is 1. The first-order valence-corrected chi connectivity index (χ1v) is 5.08. The van der Waals surface area contributed by atoms with Crippen LogP contribution in [0.25, 0.3) is 0 Å². The highest BCUT2D eigenvalue weighted by Gasteiger charge is 2.09. The third-order valence-electron chi connectivity index (χ3n) is 1.84. The Kier molecular flexibility index (Phi) is 7.23. The minimum absolute atomic E-state index is 0.234. The molecule has 0 aromatic carbocycles. The number of rotatable bonds is 7. The van der Waals surface area contributed by atoms with Gasteiger partial charge in [0, 0.05) is 18.7 Å². The fraction of sp³-hybridized carbons (Fsp3) is 1.00. The lowest BCUT2D eigenvalue weighted by atomic mass is 10.1. The molecule has 3 nitrogen and oxygen atoms in total. The van der Waals surface area contributed by atoms with Gasteiger partial charge >= 0.3 is 0 Å². The molecule has 80 valence electrons. The second kappa shape index (κ2) is 7.30. The average molecular weight is 189 g/mol. The van der Waals surface area contributed by atoms with E-state index in [0.29, 0.717) is 12.1 Å². The van der Waals surface area contributed by atoms with E-state index in [9.17, 15) is 0 Å². The number of nitrogens with one attached hydrogen (secondary N) is 1. The zero-order valence-corrected chi connectivity index (χ0v) is 9.21. The lowest BCUT2D eigenvalue weighted by Gasteiger charge is -2.20. The predicted molar refractivity (Wildman–Crippen MR) is 54.9 cm³/mol. The molecule has 3 atom stereocenters. The van der Waals surface area contributed by atoms with Crippen LogP contribution in [0.1, 0.15) is 34.1 Å². The predicted octanol–water partition coefficient (Wildman–Crippen LogP) is 1.16. The van der Waals surface area contributed by atoms with Gasteiger partial charge in [-0.05, 0) is 34.1 Å². The first-order chi connectivity index (χ1) is 6.06. The summed E-state index contributed by atoms with van der Waals surface area (Å²) in [5.74, 6) is 0. The van der Waals surface area contributed by atoms with E-state index < -0.39 is 0 Å². The van der Waals surface area contributed by atoms with Crippen LogP contribution >= 0.6 is 0 Å². The van der Waals surface area contributed by atoms with Crippen molar-refractivity contribution in [3.05, 3.63) is 0 Å². The summed E-state index contributed by atoms with van der Waals surface area (Å²) in [5, 5.41) is 12.5. The van der Waals surface area contributed by atoms with Crippen molar-refractivity contribution >= 4 is 0 Å². The second-order valence-corrected chi connectivity index (χ2v) is 3.71. The minimum atomic E-state index is -0.234. The van der Waals surface area contributed by atoms with E-state index in [1.165, 1.54) is 0 Å². The monoisotopic (exact) mass is 189 g/mol. The Bertz CT molecular complexity index is 117. The molecule has 0 aliphatic rings. The molecule has 3 heteroatoms. The van der Waals surface area contributed by atoms with Gasteiger partial charge in [0.05, 0.1) is 12.7 Å². The van der Waals surface area contributed by atoms with Gasteiger partial charge in [-0.1, -0.05) is 0 Å². The molecular weight excluding hydrogens is 166 g/mol. The molecule has 3 unspecified atom stereocenters. The van der Waals surface area contributed by atoms with E-state index in [2.05, 4.69) is 19.2 Å². The normalized spacial score (nSPS) is 18.2. The summed E-state index contributed by atoms with van der Waals surface area (Å²) in [7, 11) is 0. The molecule has 0 bridgehead atoms. The summed E-state index contributed by atoms with van der Waals surface area (Å²) in [6.07, 6.45) is 0.554. The third-order valence-corrected chi connectivity index (χ3v) is 1.84. The van der Waals surface area contributed by atoms with Gasteiger partial charge in [0.25, 0.3) is 0 Å². The van der Waals surface area contributed by atoms with Crippen LogP contribution in [-0.4, -0.2) is 36.5 Å². The molecule has 0 radical (unpaired) electrons. The van der Waals surface area contributed by atoms with Crippen molar-refractivity contribution in [1.82, 2.24) is 5.32 Å². The molecular formula is C10H23NO2. The van der Waals surface area contributed by atoms with Crippen LogP contribution in [0, 0.1) is 0 Å². The molecule has 0 aliphatic carbocycles. The van der Waals surface area contributed by atoms with Crippen molar-refractivity contribution in [3.63, 3.8) is 0 Å². The van der Waals surface area contributed by atoms with Gasteiger partial charge in [-0.2, -0.15) is 0 Å². The number of hydrogen-bond acceptors (Lipinski definition) is 3. The summed E-state index contributed by atoms with van der Waals surface area (Å²) in [4.78, 5) is 0. The van der Waals surface area contributed by atoms with E-state index in [-0.39, 0.29) is 6.10 Å². The first-order valence-electron chi connectivity index (χ1n) is 5.08. The molecule has 0 aliphatic heterocycles. The Morgan fingerprint density at radius 3 is 2.31 bits per heavy atom. The van der Waals surface area contributed by atoms with Gasteiger partial charge in [-0.3, -0.25) is 0 Å². The van der Waals surface area contributed by atoms with Crippen LogP contribution in [0.4, 0.5) is 0 Å². The molecule has 2 N–H and O–H groups in total. The van der Waals surface area contributed by atoms with Crippen molar-refractivity contribution in [3.8, 4) is 0 Å². The average Bonchev–Trinajstić information content (AvgIpc) is 1.98. The van der Waals surface area contributed by atoms with Crippen molar-refractivity contribution in [2.24, 2.45) is 0 Å². The molecule has 0 heterocycles. The van der Waals surface area contributed by atoms with Gasteiger partial charge < -0.3 is 15.2 Å². The molecule has 0 saturated carbocycles. The standard InChI is InChI=1S/C10H23NO2/c1-5-13-7-9(3)11-8(2)6-10(4)12/h8-12H,5-7H2,1-4H3. The maximum Gasteiger partial charge on any atom is 0.0616 e. The van der Waals surface area contributed by atoms with E-state index >= 15 is 0 Å². The summed E-state index contributed by atoms with van der Waals surface area (Å²) in [6.45, 7) is 9.47. The highest BCUT2D eigenvalue weighted by atomic mass is 16.5. The van der Waals surface area contributed by atoms with Gasteiger partial charge in [-0.25, -0.2) is 0 Å². The van der Waals surface area contributed by atoms with Crippen LogP contribution in [0.5, 0.6) is 0 Å². The quantitative estimate of drug-likeness (QED) is 0.631. The fourth-order valence-electron chi connectivity index (χ4n) is 1.41. The largest absolute Gasteiger partial charge is 0.393 e. The van der Waals surface area contributed by atoms with Gasteiger partial charge in [0.15, 0.2) is 0 Å². The minimum Gasteiger partial charge on any atom is -0.393 e. The van der Waals surface area contributed by atoms with Crippen LogP contribution in [-0.2, 0) is 4.74 Å². The zero-order valence-electron chi connectivity index (χ0n) is 9.21. The summed E-state index contributed by atoms with van der Waals surface area (Å²) in [5.41, 5.74) is 0. The molecule has 0 saturated heterocycles. The topological polar surface area (TPSA) is 41.5 Å². The molecule has 0 aromatic rings. The number of hydrogen-bond donors (Lipinski definition) is 2. The Hall–Kier alpha value is -0.120. The Labute approximate surface area is 81.5 Å². The molecule has 0 fully saturated rings. The lowest BCUT2D eigenvalue weighted by molar-refractivity contribution is 0.117. The summed E-state index contributed by atoms with van der Waals surface area (Å²) in [6, 6.07) is 0.698. The highest BCUT2D eigenvalue weighted by Crippen LogP contribution is 1.98. The number of aliphatic hydroxyl groups is 1. The maximum absolute atomic E-state index is 9.14. The van der Waals surface area contributed by atoms with Gasteiger partial charge in [0.1, 0.15) is 0 Å². The third kappa shape index (κ3) is 8.22. The van der Waals surface area contributed by atoms with Crippen LogP contribution in [0.2, 0.25) is 0 Å². The van der Waals surface area contributed by atoms with Crippen molar-refractivity contribution in [2.45, 2.75) is 52.3 Å². The first kappa shape index (κ1) is 12.9. The van der Waals surface area contributed by atoms with E-state index in [1.807, 2.05) is 13.8 Å². The second-order valence-electron chi connectivity index (χ2n) is 3.71. The molecule has 0 aromatic heterocycles. The fourth-order valence-corrected chi connectivity index (χ4v) is 1.41. The van der Waals surface area contributed by atoms with Gasteiger partial charge in [-0.15, -0.1) is 0 Å². The van der Waals surface area contributed by atoms with Crippen LogP contribution in [0.15, 0.2) is 0 Å². The van der Waals surface area contributed by atoms with Crippen molar-refractivity contribution < 1.29 is 9.84 Å². The zero-order chi connectivity index (χ0) is 10.3. The van der Waals surface area contributed by atoms with E-state index in [4.69, 9.17) is 9.84 Å². The summed E-state index contributed by atoms with van der Waals surface area (Å²) >= 11 is 0. The van der Waals surface area contributed by atoms with Crippen molar-refractivity contribution in [1.29, 1.82) is 0 Å². The smallest absolute Gasteiger partial charge is 0.0616 e. The van der Waals surface area contributed by atoms with E-state index in [1.54, 1.807) is 0 Å². The maximum atomic E-state index is 9.14. The Morgan fingerprint density at radius 1 is 1.23 bits per heavy atom.